The lowest BCUT2D eigenvalue weighted by atomic mass is 9.82. The van der Waals surface area contributed by atoms with Gasteiger partial charge in [0, 0.05) is 16.7 Å². The van der Waals surface area contributed by atoms with E-state index in [1.165, 1.54) is 42.5 Å². The highest BCUT2D eigenvalue weighted by Gasteiger charge is 2.33. The summed E-state index contributed by atoms with van der Waals surface area (Å²) < 4.78 is 18.5. The van der Waals surface area contributed by atoms with E-state index in [0.29, 0.717) is 0 Å². The number of hydrogen-bond acceptors (Lipinski definition) is 7. The molecule has 0 radical (unpaired) electrons. The lowest BCUT2D eigenvalue weighted by molar-refractivity contribution is -0.125. The van der Waals surface area contributed by atoms with Gasteiger partial charge in [0.1, 0.15) is 5.82 Å². The number of benzene rings is 3. The third-order valence-corrected chi connectivity index (χ3v) is 5.12. The highest BCUT2D eigenvalue weighted by molar-refractivity contribution is 6.30. The van der Waals surface area contributed by atoms with Crippen LogP contribution in [0.5, 0.6) is 0 Å². The standard InChI is InChI=1S/C24H16FN3O6/c25-17-8-4-3-7-14(17)23(32)28-27-18(29)11-34-24(33)16-10-9-15-19(20(16)26)22(31)13-6-2-1-5-12(13)21(15)30/h1-10H,11,26H2,(H,27,29)(H,28,32). The van der Waals surface area contributed by atoms with Gasteiger partial charge in [0.25, 0.3) is 11.8 Å². The van der Waals surface area contributed by atoms with Gasteiger partial charge in [-0.15, -0.1) is 0 Å². The molecule has 9 nitrogen and oxygen atoms in total. The first-order valence-corrected chi connectivity index (χ1v) is 9.91. The molecule has 0 aliphatic heterocycles. The molecule has 3 aromatic carbocycles. The largest absolute Gasteiger partial charge is 0.452 e. The number of anilines is 1. The number of fused-ring (bicyclic) bond motifs is 2. The average molecular weight is 461 g/mol. The first kappa shape index (κ1) is 22.3. The van der Waals surface area contributed by atoms with Gasteiger partial charge in [-0.1, -0.05) is 36.4 Å². The molecule has 1 aliphatic rings. The number of amides is 2. The summed E-state index contributed by atoms with van der Waals surface area (Å²) in [5, 5.41) is 0. The Morgan fingerprint density at radius 3 is 2.15 bits per heavy atom. The molecular weight excluding hydrogens is 445 g/mol. The Balaban J connectivity index is 1.43. The molecular formula is C24H16FN3O6. The maximum atomic E-state index is 13.6. The molecule has 0 heterocycles. The number of nitrogens with two attached hydrogens (primary N) is 1. The molecule has 2 amide bonds. The fourth-order valence-electron chi connectivity index (χ4n) is 3.47. The lowest BCUT2D eigenvalue weighted by Gasteiger charge is -2.20. The van der Waals surface area contributed by atoms with E-state index in [1.54, 1.807) is 12.1 Å². The third-order valence-electron chi connectivity index (χ3n) is 5.12. The first-order chi connectivity index (χ1) is 16.3. The molecule has 0 saturated carbocycles. The van der Waals surface area contributed by atoms with Crippen molar-refractivity contribution >= 4 is 35.0 Å². The average Bonchev–Trinajstić information content (AvgIpc) is 2.84. The number of nitrogen functional groups attached to an aromatic ring is 1. The van der Waals surface area contributed by atoms with Crippen molar-refractivity contribution < 1.29 is 33.1 Å². The molecule has 3 aromatic rings. The summed E-state index contributed by atoms with van der Waals surface area (Å²) in [6.07, 6.45) is 0. The Hall–Kier alpha value is -4.86. The molecule has 4 N–H and O–H groups in total. The summed E-state index contributed by atoms with van der Waals surface area (Å²) in [5.74, 6) is -4.52. The van der Waals surface area contributed by atoms with Crippen molar-refractivity contribution in [1.29, 1.82) is 0 Å². The van der Waals surface area contributed by atoms with Crippen LogP contribution in [0.2, 0.25) is 0 Å². The Morgan fingerprint density at radius 1 is 0.794 bits per heavy atom. The molecule has 0 aromatic heterocycles. The van der Waals surface area contributed by atoms with Gasteiger partial charge in [-0.05, 0) is 24.3 Å². The topological polar surface area (TPSA) is 145 Å². The van der Waals surface area contributed by atoms with E-state index in [9.17, 15) is 28.4 Å². The summed E-state index contributed by atoms with van der Waals surface area (Å²) >= 11 is 0. The number of ketones is 2. The second-order valence-electron chi connectivity index (χ2n) is 7.21. The summed E-state index contributed by atoms with van der Waals surface area (Å²) in [4.78, 5) is 61.9. The van der Waals surface area contributed by atoms with Gasteiger partial charge in [-0.3, -0.25) is 30.0 Å². The molecule has 34 heavy (non-hydrogen) atoms. The van der Waals surface area contributed by atoms with Crippen LogP contribution in [0.3, 0.4) is 0 Å². The van der Waals surface area contributed by atoms with Crippen LogP contribution in [-0.2, 0) is 9.53 Å². The molecule has 0 saturated heterocycles. The Labute approximate surface area is 191 Å². The van der Waals surface area contributed by atoms with Crippen molar-refractivity contribution in [3.05, 3.63) is 99.9 Å². The molecule has 1 aliphatic carbocycles. The molecule has 0 atom stereocenters. The highest BCUT2D eigenvalue weighted by Crippen LogP contribution is 2.32. The molecule has 0 spiro atoms. The van der Waals surface area contributed by atoms with Gasteiger partial charge < -0.3 is 10.5 Å². The summed E-state index contributed by atoms with van der Waals surface area (Å²) in [5.41, 5.74) is 9.64. The van der Waals surface area contributed by atoms with E-state index >= 15 is 0 Å². The molecule has 170 valence electrons. The zero-order valence-electron chi connectivity index (χ0n) is 17.4. The fraction of sp³-hybridized carbons (Fsp3) is 0.0417. The van der Waals surface area contributed by atoms with Gasteiger partial charge in [0.2, 0.25) is 0 Å². The van der Waals surface area contributed by atoms with Crippen LogP contribution < -0.4 is 16.6 Å². The van der Waals surface area contributed by atoms with Crippen LogP contribution in [0.1, 0.15) is 52.6 Å². The van der Waals surface area contributed by atoms with Crippen LogP contribution in [0.15, 0.2) is 60.7 Å². The summed E-state index contributed by atoms with van der Waals surface area (Å²) in [6, 6.07) is 13.9. The molecule has 10 heteroatoms. The van der Waals surface area contributed by atoms with E-state index in [2.05, 4.69) is 0 Å². The molecule has 0 unspecified atom stereocenters. The molecule has 0 bridgehead atoms. The number of nitrogens with one attached hydrogen (secondary N) is 2. The van der Waals surface area contributed by atoms with Gasteiger partial charge in [0.15, 0.2) is 18.2 Å². The van der Waals surface area contributed by atoms with Crippen molar-refractivity contribution in [3.63, 3.8) is 0 Å². The maximum absolute atomic E-state index is 13.6. The number of ether oxygens (including phenoxy) is 1. The van der Waals surface area contributed by atoms with Crippen LogP contribution in [0.4, 0.5) is 10.1 Å². The number of esters is 1. The predicted molar refractivity (Wildman–Crippen MR) is 116 cm³/mol. The summed E-state index contributed by atoms with van der Waals surface area (Å²) in [7, 11) is 0. The van der Waals surface area contributed by atoms with E-state index in [-0.39, 0.29) is 39.1 Å². The highest BCUT2D eigenvalue weighted by atomic mass is 19.1. The summed E-state index contributed by atoms with van der Waals surface area (Å²) in [6.45, 7) is -0.803. The van der Waals surface area contributed by atoms with Gasteiger partial charge in [-0.2, -0.15) is 0 Å². The van der Waals surface area contributed by atoms with Crippen molar-refractivity contribution in [2.75, 3.05) is 12.3 Å². The van der Waals surface area contributed by atoms with E-state index in [4.69, 9.17) is 10.5 Å². The maximum Gasteiger partial charge on any atom is 0.340 e. The fourth-order valence-corrected chi connectivity index (χ4v) is 3.47. The number of carbonyl (C=O) groups excluding carboxylic acids is 5. The Morgan fingerprint density at radius 2 is 1.44 bits per heavy atom. The van der Waals surface area contributed by atoms with Crippen molar-refractivity contribution in [3.8, 4) is 0 Å². The first-order valence-electron chi connectivity index (χ1n) is 9.91. The van der Waals surface area contributed by atoms with Crippen LogP contribution in [-0.4, -0.2) is 36.0 Å². The van der Waals surface area contributed by atoms with E-state index < -0.39 is 41.8 Å². The van der Waals surface area contributed by atoms with Crippen LogP contribution in [0, 0.1) is 5.82 Å². The second-order valence-corrected chi connectivity index (χ2v) is 7.21. The number of halogens is 1. The zero-order valence-corrected chi connectivity index (χ0v) is 17.4. The van der Waals surface area contributed by atoms with Gasteiger partial charge in [0.05, 0.1) is 22.4 Å². The minimum Gasteiger partial charge on any atom is -0.452 e. The quantitative estimate of drug-likeness (QED) is 0.239. The van der Waals surface area contributed by atoms with Crippen LogP contribution >= 0.6 is 0 Å². The lowest BCUT2D eigenvalue weighted by Crippen LogP contribution is -2.43. The predicted octanol–water partition coefficient (Wildman–Crippen LogP) is 1.80. The minimum absolute atomic E-state index is 0.0614. The van der Waals surface area contributed by atoms with Crippen molar-refractivity contribution in [2.24, 2.45) is 0 Å². The Kier molecular flexibility index (Phi) is 5.88. The number of carbonyl (C=O) groups is 5. The number of hydrazine groups is 1. The van der Waals surface area contributed by atoms with Gasteiger partial charge in [-0.25, -0.2) is 9.18 Å². The van der Waals surface area contributed by atoms with E-state index in [1.807, 2.05) is 10.9 Å². The SMILES string of the molecule is Nc1c(C(=O)OCC(=O)NNC(=O)c2ccccc2F)ccc2c1C(=O)c1ccccc1C2=O. The monoisotopic (exact) mass is 461 g/mol. The molecule has 4 rings (SSSR count). The van der Waals surface area contributed by atoms with Crippen LogP contribution in [0.25, 0.3) is 0 Å². The van der Waals surface area contributed by atoms with Gasteiger partial charge >= 0.3 is 5.97 Å². The zero-order chi connectivity index (χ0) is 24.4. The smallest absolute Gasteiger partial charge is 0.340 e. The number of hydrogen-bond donors (Lipinski definition) is 3. The molecule has 0 fully saturated rings. The third kappa shape index (κ3) is 3.99. The van der Waals surface area contributed by atoms with Crippen molar-refractivity contribution in [2.45, 2.75) is 0 Å². The normalized spacial score (nSPS) is 11.8. The second kappa shape index (κ2) is 8.94. The minimum atomic E-state index is -1.02. The van der Waals surface area contributed by atoms with Crippen molar-refractivity contribution in [1.82, 2.24) is 10.9 Å². The number of rotatable bonds is 4. The van der Waals surface area contributed by atoms with E-state index in [0.717, 1.165) is 6.07 Å². The Bertz CT molecular complexity index is 1380.